The third kappa shape index (κ3) is 2.97. The number of hydrogen-bond donors (Lipinski definition) is 0. The molecule has 0 N–H and O–H groups in total. The lowest BCUT2D eigenvalue weighted by molar-refractivity contribution is 0.234. The standard InChI is InChI=1S/C14H21FO/c1-6-14(4,5)12-8-7-11(15)9-13(12)16-10(2)3/h7-10H,6H2,1-5H3. The van der Waals surface area contributed by atoms with Gasteiger partial charge in [-0.05, 0) is 37.3 Å². The third-order valence-electron chi connectivity index (χ3n) is 2.92. The normalized spacial score (nSPS) is 11.9. The number of halogens is 1. The molecule has 0 amide bonds. The van der Waals surface area contributed by atoms with Gasteiger partial charge in [0.2, 0.25) is 0 Å². The van der Waals surface area contributed by atoms with E-state index in [1.165, 1.54) is 12.1 Å². The van der Waals surface area contributed by atoms with Crippen LogP contribution in [0.2, 0.25) is 0 Å². The fourth-order valence-electron chi connectivity index (χ4n) is 1.60. The molecular formula is C14H21FO. The van der Waals surface area contributed by atoms with Gasteiger partial charge in [0.15, 0.2) is 0 Å². The van der Waals surface area contributed by atoms with Crippen LogP contribution in [0.15, 0.2) is 18.2 Å². The van der Waals surface area contributed by atoms with E-state index in [0.29, 0.717) is 5.75 Å². The molecule has 0 heterocycles. The summed E-state index contributed by atoms with van der Waals surface area (Å²) in [6, 6.07) is 4.81. The first-order valence-electron chi connectivity index (χ1n) is 5.83. The van der Waals surface area contributed by atoms with E-state index in [9.17, 15) is 4.39 Å². The molecule has 0 aliphatic carbocycles. The zero-order valence-electron chi connectivity index (χ0n) is 10.8. The number of ether oxygens (including phenoxy) is 1. The van der Waals surface area contributed by atoms with Crippen molar-refractivity contribution in [2.75, 3.05) is 0 Å². The Hall–Kier alpha value is -1.05. The van der Waals surface area contributed by atoms with Gasteiger partial charge in [-0.1, -0.05) is 26.8 Å². The topological polar surface area (TPSA) is 9.23 Å². The maximum Gasteiger partial charge on any atom is 0.126 e. The summed E-state index contributed by atoms with van der Waals surface area (Å²) in [6.07, 6.45) is 1.06. The summed E-state index contributed by atoms with van der Waals surface area (Å²) in [6.45, 7) is 10.3. The van der Waals surface area contributed by atoms with Crippen LogP contribution in [0.4, 0.5) is 4.39 Å². The van der Waals surface area contributed by atoms with E-state index in [2.05, 4.69) is 20.8 Å². The van der Waals surface area contributed by atoms with E-state index in [4.69, 9.17) is 4.74 Å². The molecular weight excluding hydrogens is 203 g/mol. The summed E-state index contributed by atoms with van der Waals surface area (Å²) in [5.74, 6) is 0.424. The van der Waals surface area contributed by atoms with Crippen LogP contribution >= 0.6 is 0 Å². The van der Waals surface area contributed by atoms with Gasteiger partial charge in [-0.15, -0.1) is 0 Å². The molecule has 1 rings (SSSR count). The molecule has 0 aliphatic rings. The van der Waals surface area contributed by atoms with E-state index in [1.54, 1.807) is 0 Å². The molecule has 0 aliphatic heterocycles. The molecule has 2 heteroatoms. The van der Waals surface area contributed by atoms with Gasteiger partial charge >= 0.3 is 0 Å². The zero-order valence-corrected chi connectivity index (χ0v) is 10.8. The minimum Gasteiger partial charge on any atom is -0.491 e. The quantitative estimate of drug-likeness (QED) is 0.741. The van der Waals surface area contributed by atoms with E-state index in [-0.39, 0.29) is 17.3 Å². The molecule has 0 spiro atoms. The predicted octanol–water partition coefficient (Wildman–Crippen LogP) is 4.30. The number of benzene rings is 1. The van der Waals surface area contributed by atoms with Crippen molar-refractivity contribution >= 4 is 0 Å². The summed E-state index contributed by atoms with van der Waals surface area (Å²) in [5.41, 5.74) is 1.09. The Kier molecular flexibility index (Phi) is 3.95. The molecule has 0 atom stereocenters. The molecule has 0 saturated carbocycles. The van der Waals surface area contributed by atoms with Crippen LogP contribution in [0.25, 0.3) is 0 Å². The van der Waals surface area contributed by atoms with E-state index < -0.39 is 0 Å². The fourth-order valence-corrected chi connectivity index (χ4v) is 1.60. The predicted molar refractivity (Wildman–Crippen MR) is 65.5 cm³/mol. The molecule has 1 nitrogen and oxygen atoms in total. The average Bonchev–Trinajstić information content (AvgIpc) is 2.16. The summed E-state index contributed by atoms with van der Waals surface area (Å²) in [7, 11) is 0. The van der Waals surface area contributed by atoms with Gasteiger partial charge < -0.3 is 4.74 Å². The second-order valence-corrected chi connectivity index (χ2v) is 5.04. The smallest absolute Gasteiger partial charge is 0.126 e. The van der Waals surface area contributed by atoms with Crippen LogP contribution in [0.1, 0.15) is 46.6 Å². The van der Waals surface area contributed by atoms with Gasteiger partial charge in [-0.3, -0.25) is 0 Å². The Labute approximate surface area is 97.6 Å². The second-order valence-electron chi connectivity index (χ2n) is 5.04. The molecule has 16 heavy (non-hydrogen) atoms. The minimum atomic E-state index is -0.244. The van der Waals surface area contributed by atoms with Crippen LogP contribution in [0.5, 0.6) is 5.75 Å². The van der Waals surface area contributed by atoms with Crippen molar-refractivity contribution < 1.29 is 9.13 Å². The maximum atomic E-state index is 13.2. The van der Waals surface area contributed by atoms with Crippen molar-refractivity contribution in [3.8, 4) is 5.75 Å². The Bertz CT molecular complexity index is 356. The van der Waals surface area contributed by atoms with Crippen molar-refractivity contribution in [1.29, 1.82) is 0 Å². The van der Waals surface area contributed by atoms with E-state index in [1.807, 2.05) is 19.9 Å². The highest BCUT2D eigenvalue weighted by molar-refractivity contribution is 5.39. The highest BCUT2D eigenvalue weighted by Gasteiger charge is 2.23. The molecule has 0 fully saturated rings. The van der Waals surface area contributed by atoms with Gasteiger partial charge in [-0.25, -0.2) is 4.39 Å². The lowest BCUT2D eigenvalue weighted by Gasteiger charge is -2.27. The fraction of sp³-hybridized carbons (Fsp3) is 0.571. The summed E-state index contributed by atoms with van der Waals surface area (Å²) < 4.78 is 18.9. The first kappa shape index (κ1) is 13.0. The van der Waals surface area contributed by atoms with Crippen LogP contribution in [-0.2, 0) is 5.41 Å². The van der Waals surface area contributed by atoms with Gasteiger partial charge in [-0.2, -0.15) is 0 Å². The van der Waals surface area contributed by atoms with Gasteiger partial charge in [0, 0.05) is 6.07 Å². The minimum absolute atomic E-state index is 0.0118. The SMILES string of the molecule is CCC(C)(C)c1ccc(F)cc1OC(C)C. The molecule has 0 aromatic heterocycles. The van der Waals surface area contributed by atoms with Crippen molar-refractivity contribution in [3.05, 3.63) is 29.6 Å². The van der Waals surface area contributed by atoms with Crippen molar-refractivity contribution in [3.63, 3.8) is 0 Å². The Morgan fingerprint density at radius 3 is 2.44 bits per heavy atom. The molecule has 1 aromatic carbocycles. The molecule has 1 aromatic rings. The summed E-state index contributed by atoms with van der Waals surface area (Å²) >= 11 is 0. The van der Waals surface area contributed by atoms with Gasteiger partial charge in [0.05, 0.1) is 6.10 Å². The van der Waals surface area contributed by atoms with Crippen LogP contribution in [0, 0.1) is 5.82 Å². The first-order chi connectivity index (χ1) is 7.36. The largest absolute Gasteiger partial charge is 0.491 e. The molecule has 0 saturated heterocycles. The Morgan fingerprint density at radius 2 is 1.94 bits per heavy atom. The van der Waals surface area contributed by atoms with Crippen molar-refractivity contribution in [2.24, 2.45) is 0 Å². The van der Waals surface area contributed by atoms with Crippen molar-refractivity contribution in [2.45, 2.75) is 52.6 Å². The number of hydrogen-bond acceptors (Lipinski definition) is 1. The summed E-state index contributed by atoms with van der Waals surface area (Å²) in [5, 5.41) is 0. The lowest BCUT2D eigenvalue weighted by Crippen LogP contribution is -2.19. The summed E-state index contributed by atoms with van der Waals surface area (Å²) in [4.78, 5) is 0. The highest BCUT2D eigenvalue weighted by atomic mass is 19.1. The molecule has 0 bridgehead atoms. The van der Waals surface area contributed by atoms with Crippen LogP contribution in [0.3, 0.4) is 0 Å². The van der Waals surface area contributed by atoms with Gasteiger partial charge in [0.25, 0.3) is 0 Å². The van der Waals surface area contributed by atoms with Crippen LogP contribution in [-0.4, -0.2) is 6.10 Å². The molecule has 90 valence electrons. The molecule has 0 unspecified atom stereocenters. The monoisotopic (exact) mass is 224 g/mol. The highest BCUT2D eigenvalue weighted by Crippen LogP contribution is 2.35. The lowest BCUT2D eigenvalue weighted by atomic mass is 9.81. The average molecular weight is 224 g/mol. The Balaban J connectivity index is 3.17. The number of rotatable bonds is 4. The molecule has 0 radical (unpaired) electrons. The van der Waals surface area contributed by atoms with E-state index >= 15 is 0 Å². The van der Waals surface area contributed by atoms with E-state index in [0.717, 1.165) is 12.0 Å². The third-order valence-corrected chi connectivity index (χ3v) is 2.92. The van der Waals surface area contributed by atoms with Gasteiger partial charge in [0.1, 0.15) is 11.6 Å². The zero-order chi connectivity index (χ0) is 12.3. The first-order valence-corrected chi connectivity index (χ1v) is 5.83. The van der Waals surface area contributed by atoms with Crippen LogP contribution < -0.4 is 4.74 Å². The van der Waals surface area contributed by atoms with Crippen molar-refractivity contribution in [1.82, 2.24) is 0 Å². The Morgan fingerprint density at radius 1 is 1.31 bits per heavy atom. The second kappa shape index (κ2) is 4.86. The maximum absolute atomic E-state index is 13.2.